The molecule has 2 aromatic rings. The van der Waals surface area contributed by atoms with Gasteiger partial charge in [-0.25, -0.2) is 9.59 Å². The van der Waals surface area contributed by atoms with Crippen LogP contribution in [0.2, 0.25) is 5.02 Å². The van der Waals surface area contributed by atoms with Crippen molar-refractivity contribution in [3.8, 4) is 11.5 Å². The maximum absolute atomic E-state index is 12.6. The standard InChI is InChI=1S/C22H25ClO5/c1-6-26-22(25)27-19-12-16(13(2)3)11-18(14(4)5)20(19)28-21(24)15-7-9-17(23)10-8-15/h7-14H,6H2,1-5H3. The quantitative estimate of drug-likeness (QED) is 0.319. The number of benzene rings is 2. The minimum atomic E-state index is -0.845. The van der Waals surface area contributed by atoms with E-state index in [2.05, 4.69) is 0 Å². The second-order valence-electron chi connectivity index (χ2n) is 6.93. The largest absolute Gasteiger partial charge is 0.513 e. The summed E-state index contributed by atoms with van der Waals surface area (Å²) in [6, 6.07) is 10.1. The number of carbonyl (C=O) groups is 2. The monoisotopic (exact) mass is 404 g/mol. The van der Waals surface area contributed by atoms with Crippen molar-refractivity contribution in [2.24, 2.45) is 0 Å². The third-order valence-electron chi connectivity index (χ3n) is 4.12. The molecule has 0 aromatic heterocycles. The molecule has 150 valence electrons. The SMILES string of the molecule is CCOC(=O)Oc1cc(C(C)C)cc(C(C)C)c1OC(=O)c1ccc(Cl)cc1. The molecule has 2 rings (SSSR count). The molecular weight excluding hydrogens is 380 g/mol. The third-order valence-corrected chi connectivity index (χ3v) is 4.38. The zero-order chi connectivity index (χ0) is 20.8. The van der Waals surface area contributed by atoms with Crippen LogP contribution in [-0.4, -0.2) is 18.7 Å². The van der Waals surface area contributed by atoms with Crippen molar-refractivity contribution in [3.05, 3.63) is 58.1 Å². The lowest BCUT2D eigenvalue weighted by Crippen LogP contribution is -2.15. The Labute approximate surface area is 170 Å². The number of hydrogen-bond acceptors (Lipinski definition) is 5. The van der Waals surface area contributed by atoms with Gasteiger partial charge in [-0.05, 0) is 54.7 Å². The highest BCUT2D eigenvalue weighted by Gasteiger charge is 2.23. The highest BCUT2D eigenvalue weighted by atomic mass is 35.5. The van der Waals surface area contributed by atoms with E-state index in [0.717, 1.165) is 11.1 Å². The number of ether oxygens (including phenoxy) is 3. The predicted molar refractivity (Wildman–Crippen MR) is 109 cm³/mol. The van der Waals surface area contributed by atoms with Gasteiger partial charge in [0.1, 0.15) is 0 Å². The van der Waals surface area contributed by atoms with E-state index in [9.17, 15) is 9.59 Å². The first kappa shape index (κ1) is 21.8. The summed E-state index contributed by atoms with van der Waals surface area (Å²) >= 11 is 5.88. The van der Waals surface area contributed by atoms with Crippen LogP contribution in [0.4, 0.5) is 4.79 Å². The van der Waals surface area contributed by atoms with Crippen molar-refractivity contribution < 1.29 is 23.8 Å². The Bertz CT molecular complexity index is 841. The van der Waals surface area contributed by atoms with Gasteiger partial charge < -0.3 is 14.2 Å². The van der Waals surface area contributed by atoms with Crippen LogP contribution in [0.15, 0.2) is 36.4 Å². The highest BCUT2D eigenvalue weighted by molar-refractivity contribution is 6.30. The van der Waals surface area contributed by atoms with Gasteiger partial charge in [-0.1, -0.05) is 45.4 Å². The van der Waals surface area contributed by atoms with Gasteiger partial charge in [-0.2, -0.15) is 0 Å². The molecule has 5 nitrogen and oxygen atoms in total. The van der Waals surface area contributed by atoms with Gasteiger partial charge in [0.15, 0.2) is 11.5 Å². The van der Waals surface area contributed by atoms with Crippen molar-refractivity contribution in [2.45, 2.75) is 46.5 Å². The van der Waals surface area contributed by atoms with E-state index in [0.29, 0.717) is 10.6 Å². The van der Waals surface area contributed by atoms with Crippen molar-refractivity contribution in [1.82, 2.24) is 0 Å². The first-order valence-corrected chi connectivity index (χ1v) is 9.60. The second kappa shape index (κ2) is 9.60. The molecule has 0 aliphatic rings. The van der Waals surface area contributed by atoms with Crippen molar-refractivity contribution in [2.75, 3.05) is 6.61 Å². The molecule has 0 amide bonds. The van der Waals surface area contributed by atoms with Crippen LogP contribution >= 0.6 is 11.6 Å². The minimum absolute atomic E-state index is 0.0382. The molecule has 0 aliphatic heterocycles. The lowest BCUT2D eigenvalue weighted by molar-refractivity contribution is 0.0715. The molecule has 0 radical (unpaired) electrons. The van der Waals surface area contributed by atoms with E-state index in [1.165, 1.54) is 0 Å². The van der Waals surface area contributed by atoms with Crippen LogP contribution in [-0.2, 0) is 4.74 Å². The maximum Gasteiger partial charge on any atom is 0.513 e. The van der Waals surface area contributed by atoms with E-state index < -0.39 is 12.1 Å². The Hall–Kier alpha value is -2.53. The molecule has 0 saturated carbocycles. The van der Waals surface area contributed by atoms with E-state index in [4.69, 9.17) is 25.8 Å². The van der Waals surface area contributed by atoms with Crippen LogP contribution in [0.5, 0.6) is 11.5 Å². The fraction of sp³-hybridized carbons (Fsp3) is 0.364. The Balaban J connectivity index is 2.49. The van der Waals surface area contributed by atoms with Crippen LogP contribution in [0, 0.1) is 0 Å². The van der Waals surface area contributed by atoms with Crippen LogP contribution in [0.25, 0.3) is 0 Å². The molecule has 0 fully saturated rings. The zero-order valence-corrected chi connectivity index (χ0v) is 17.5. The first-order valence-electron chi connectivity index (χ1n) is 9.23. The summed E-state index contributed by atoms with van der Waals surface area (Å²) in [5, 5.41) is 0.520. The topological polar surface area (TPSA) is 61.8 Å². The van der Waals surface area contributed by atoms with E-state index in [1.54, 1.807) is 37.3 Å². The van der Waals surface area contributed by atoms with Gasteiger partial charge in [0.25, 0.3) is 0 Å². The molecule has 0 unspecified atom stereocenters. The van der Waals surface area contributed by atoms with E-state index in [1.807, 2.05) is 33.8 Å². The Morgan fingerprint density at radius 2 is 1.61 bits per heavy atom. The first-order chi connectivity index (χ1) is 13.2. The molecule has 6 heteroatoms. The molecule has 0 heterocycles. The van der Waals surface area contributed by atoms with Gasteiger partial charge >= 0.3 is 12.1 Å². The van der Waals surface area contributed by atoms with Gasteiger partial charge in [0.2, 0.25) is 0 Å². The number of hydrogen-bond donors (Lipinski definition) is 0. The Morgan fingerprint density at radius 3 is 2.14 bits per heavy atom. The molecular formula is C22H25ClO5. The van der Waals surface area contributed by atoms with E-state index in [-0.39, 0.29) is 29.9 Å². The summed E-state index contributed by atoms with van der Waals surface area (Å²) in [5.74, 6) is 0.0481. The maximum atomic E-state index is 12.6. The summed E-state index contributed by atoms with van der Waals surface area (Å²) in [5.41, 5.74) is 2.08. The molecule has 0 N–H and O–H groups in total. The molecule has 0 spiro atoms. The van der Waals surface area contributed by atoms with Crippen LogP contribution in [0.1, 0.15) is 67.9 Å². The number of carbonyl (C=O) groups excluding carboxylic acids is 2. The second-order valence-corrected chi connectivity index (χ2v) is 7.36. The molecule has 0 saturated heterocycles. The molecule has 0 bridgehead atoms. The Morgan fingerprint density at radius 1 is 0.964 bits per heavy atom. The van der Waals surface area contributed by atoms with Gasteiger partial charge in [-0.3, -0.25) is 0 Å². The lowest BCUT2D eigenvalue weighted by atomic mass is 9.94. The average molecular weight is 405 g/mol. The van der Waals surface area contributed by atoms with Crippen LogP contribution < -0.4 is 9.47 Å². The van der Waals surface area contributed by atoms with Gasteiger partial charge in [0, 0.05) is 10.6 Å². The fourth-order valence-corrected chi connectivity index (χ4v) is 2.69. The fourth-order valence-electron chi connectivity index (χ4n) is 2.57. The third kappa shape index (κ3) is 5.49. The van der Waals surface area contributed by atoms with Crippen molar-refractivity contribution >= 4 is 23.7 Å². The average Bonchev–Trinajstić information content (AvgIpc) is 2.63. The summed E-state index contributed by atoms with van der Waals surface area (Å²) in [4.78, 5) is 24.6. The summed E-state index contributed by atoms with van der Waals surface area (Å²) < 4.78 is 15.9. The zero-order valence-electron chi connectivity index (χ0n) is 16.7. The molecule has 0 aliphatic carbocycles. The minimum Gasteiger partial charge on any atom is -0.434 e. The Kier molecular flexibility index (Phi) is 7.46. The number of rotatable bonds is 6. The van der Waals surface area contributed by atoms with Crippen molar-refractivity contribution in [1.29, 1.82) is 0 Å². The van der Waals surface area contributed by atoms with Gasteiger partial charge in [-0.15, -0.1) is 0 Å². The summed E-state index contributed by atoms with van der Waals surface area (Å²) in [6.07, 6.45) is -0.845. The number of halogens is 1. The molecule has 28 heavy (non-hydrogen) atoms. The molecule has 2 aromatic carbocycles. The summed E-state index contributed by atoms with van der Waals surface area (Å²) in [6.45, 7) is 9.90. The normalized spacial score (nSPS) is 10.9. The number of esters is 1. The van der Waals surface area contributed by atoms with Crippen molar-refractivity contribution in [3.63, 3.8) is 0 Å². The smallest absolute Gasteiger partial charge is 0.434 e. The van der Waals surface area contributed by atoms with Crippen LogP contribution in [0.3, 0.4) is 0 Å². The lowest BCUT2D eigenvalue weighted by Gasteiger charge is -2.19. The summed E-state index contributed by atoms with van der Waals surface area (Å²) in [7, 11) is 0. The van der Waals surface area contributed by atoms with E-state index >= 15 is 0 Å². The molecule has 0 atom stereocenters. The predicted octanol–water partition coefficient (Wildman–Crippen LogP) is 6.34. The van der Waals surface area contributed by atoms with Gasteiger partial charge in [0.05, 0.1) is 12.2 Å². The highest BCUT2D eigenvalue weighted by Crippen LogP contribution is 2.39.